The van der Waals surface area contributed by atoms with Crippen LogP contribution in [-0.2, 0) is 9.53 Å². The number of amides is 1. The minimum absolute atomic E-state index is 0.00278. The van der Waals surface area contributed by atoms with E-state index in [2.05, 4.69) is 15.4 Å². The van der Waals surface area contributed by atoms with Crippen LogP contribution in [0.2, 0.25) is 0 Å². The number of nitrogens with one attached hydrogen (secondary N) is 2. The average Bonchev–Trinajstić information content (AvgIpc) is 2.86. The molecule has 1 saturated heterocycles. The molecule has 1 heterocycles. The van der Waals surface area contributed by atoms with E-state index in [1.54, 1.807) is 0 Å². The number of rotatable bonds is 3. The summed E-state index contributed by atoms with van der Waals surface area (Å²) in [5.74, 6) is -1.40. The van der Waals surface area contributed by atoms with Gasteiger partial charge in [-0.15, -0.1) is 0 Å². The summed E-state index contributed by atoms with van der Waals surface area (Å²) in [7, 11) is 1.25. The molecular weight excluding hydrogens is 263 g/mol. The van der Waals surface area contributed by atoms with Gasteiger partial charge in [0.25, 0.3) is 0 Å². The number of anilines is 1. The van der Waals surface area contributed by atoms with Crippen molar-refractivity contribution in [1.82, 2.24) is 5.32 Å². The summed E-state index contributed by atoms with van der Waals surface area (Å²) in [6.45, 7) is 3.31. The molecular formula is C14H17FN2O3. The van der Waals surface area contributed by atoms with Crippen LogP contribution in [0.25, 0.3) is 0 Å². The highest BCUT2D eigenvalue weighted by atomic mass is 19.1. The van der Waals surface area contributed by atoms with Crippen molar-refractivity contribution < 1.29 is 18.7 Å². The van der Waals surface area contributed by atoms with Crippen molar-refractivity contribution in [2.75, 3.05) is 25.5 Å². The molecule has 1 aliphatic heterocycles. The Morgan fingerprint density at radius 3 is 2.75 bits per heavy atom. The zero-order valence-corrected chi connectivity index (χ0v) is 11.4. The number of hydrogen-bond acceptors (Lipinski definition) is 4. The molecule has 0 aliphatic carbocycles. The first-order valence-electron chi connectivity index (χ1n) is 6.42. The van der Waals surface area contributed by atoms with E-state index in [0.29, 0.717) is 6.54 Å². The number of methoxy groups -OCH3 is 1. The van der Waals surface area contributed by atoms with Crippen LogP contribution in [0, 0.1) is 17.7 Å². The highest BCUT2D eigenvalue weighted by Crippen LogP contribution is 2.21. The highest BCUT2D eigenvalue weighted by Gasteiger charge is 2.30. The zero-order chi connectivity index (χ0) is 14.7. The van der Waals surface area contributed by atoms with Gasteiger partial charge in [0.05, 0.1) is 24.3 Å². The third-order valence-corrected chi connectivity index (χ3v) is 3.50. The Morgan fingerprint density at radius 1 is 1.40 bits per heavy atom. The van der Waals surface area contributed by atoms with E-state index in [-0.39, 0.29) is 29.0 Å². The molecule has 0 bridgehead atoms. The Labute approximate surface area is 116 Å². The molecule has 1 aromatic rings. The topological polar surface area (TPSA) is 67.4 Å². The molecule has 0 radical (unpaired) electrons. The maximum atomic E-state index is 13.7. The Hall–Kier alpha value is -1.95. The van der Waals surface area contributed by atoms with E-state index in [0.717, 1.165) is 12.6 Å². The van der Waals surface area contributed by atoms with Crippen molar-refractivity contribution in [2.24, 2.45) is 11.8 Å². The van der Waals surface area contributed by atoms with Crippen molar-refractivity contribution in [3.63, 3.8) is 0 Å². The lowest BCUT2D eigenvalue weighted by atomic mass is 9.97. The molecule has 1 amide bonds. The van der Waals surface area contributed by atoms with Gasteiger partial charge in [0.2, 0.25) is 5.91 Å². The molecule has 108 valence electrons. The fourth-order valence-corrected chi connectivity index (χ4v) is 2.25. The van der Waals surface area contributed by atoms with Crippen molar-refractivity contribution >= 4 is 17.6 Å². The fourth-order valence-electron chi connectivity index (χ4n) is 2.25. The van der Waals surface area contributed by atoms with Crippen LogP contribution in [0.3, 0.4) is 0 Å². The molecule has 1 aromatic carbocycles. The molecule has 2 rings (SSSR count). The molecule has 5 nitrogen and oxygen atoms in total. The Balaban J connectivity index is 2.16. The zero-order valence-electron chi connectivity index (χ0n) is 11.4. The van der Waals surface area contributed by atoms with E-state index in [1.807, 2.05) is 6.92 Å². The fraction of sp³-hybridized carbons (Fsp3) is 0.429. The van der Waals surface area contributed by atoms with E-state index >= 15 is 0 Å². The third kappa shape index (κ3) is 2.96. The second kappa shape index (κ2) is 6.00. The molecule has 0 spiro atoms. The molecule has 0 saturated carbocycles. The van der Waals surface area contributed by atoms with Gasteiger partial charge >= 0.3 is 5.97 Å². The van der Waals surface area contributed by atoms with Crippen molar-refractivity contribution in [3.05, 3.63) is 29.6 Å². The number of carbonyl (C=O) groups excluding carboxylic acids is 2. The summed E-state index contributed by atoms with van der Waals surface area (Å²) in [6.07, 6.45) is 0. The first-order chi connectivity index (χ1) is 9.52. The Kier molecular flexibility index (Phi) is 4.34. The van der Waals surface area contributed by atoms with Crippen LogP contribution in [-0.4, -0.2) is 32.1 Å². The normalized spacial score (nSPS) is 21.6. The largest absolute Gasteiger partial charge is 0.465 e. The second-order valence-electron chi connectivity index (χ2n) is 4.92. The Morgan fingerprint density at radius 2 is 2.15 bits per heavy atom. The van der Waals surface area contributed by atoms with Crippen LogP contribution >= 0.6 is 0 Å². The first kappa shape index (κ1) is 14.5. The number of hydrogen-bond donors (Lipinski definition) is 2. The van der Waals surface area contributed by atoms with Crippen LogP contribution in [0.15, 0.2) is 18.2 Å². The predicted molar refractivity (Wildman–Crippen MR) is 71.9 cm³/mol. The molecule has 2 atom stereocenters. The number of benzene rings is 1. The van der Waals surface area contributed by atoms with Crippen LogP contribution in [0.5, 0.6) is 0 Å². The monoisotopic (exact) mass is 280 g/mol. The molecule has 20 heavy (non-hydrogen) atoms. The average molecular weight is 280 g/mol. The van der Waals surface area contributed by atoms with Gasteiger partial charge in [0.1, 0.15) is 5.82 Å². The van der Waals surface area contributed by atoms with Gasteiger partial charge in [0.15, 0.2) is 0 Å². The highest BCUT2D eigenvalue weighted by molar-refractivity contribution is 5.96. The van der Waals surface area contributed by atoms with Gasteiger partial charge in [-0.05, 0) is 30.7 Å². The molecule has 2 N–H and O–H groups in total. The SMILES string of the molecule is COC(=O)c1ccc(F)c(NC(=O)C2CNCC2C)c1. The smallest absolute Gasteiger partial charge is 0.337 e. The van der Waals surface area contributed by atoms with Crippen molar-refractivity contribution in [2.45, 2.75) is 6.92 Å². The standard InChI is InChI=1S/C14H17FN2O3/c1-8-6-16-7-10(8)13(18)17-12-5-9(14(19)20-2)3-4-11(12)15/h3-5,8,10,16H,6-7H2,1-2H3,(H,17,18). The van der Waals surface area contributed by atoms with Gasteiger partial charge in [-0.3, -0.25) is 4.79 Å². The molecule has 1 fully saturated rings. The molecule has 1 aliphatic rings. The maximum absolute atomic E-state index is 13.7. The van der Waals surface area contributed by atoms with E-state index in [1.165, 1.54) is 19.2 Å². The van der Waals surface area contributed by atoms with Gasteiger partial charge in [-0.2, -0.15) is 0 Å². The molecule has 2 unspecified atom stereocenters. The second-order valence-corrected chi connectivity index (χ2v) is 4.92. The minimum Gasteiger partial charge on any atom is -0.465 e. The van der Waals surface area contributed by atoms with Gasteiger partial charge < -0.3 is 15.4 Å². The lowest BCUT2D eigenvalue weighted by molar-refractivity contribution is -0.120. The summed E-state index contributed by atoms with van der Waals surface area (Å²) < 4.78 is 18.3. The van der Waals surface area contributed by atoms with Gasteiger partial charge in [-0.1, -0.05) is 6.92 Å². The lowest BCUT2D eigenvalue weighted by Crippen LogP contribution is -2.28. The van der Waals surface area contributed by atoms with E-state index < -0.39 is 11.8 Å². The predicted octanol–water partition coefficient (Wildman–Crippen LogP) is 1.41. The summed E-state index contributed by atoms with van der Waals surface area (Å²) in [5.41, 5.74) is 0.193. The number of esters is 1. The van der Waals surface area contributed by atoms with Gasteiger partial charge in [0, 0.05) is 6.54 Å². The van der Waals surface area contributed by atoms with Crippen LogP contribution in [0.4, 0.5) is 10.1 Å². The maximum Gasteiger partial charge on any atom is 0.337 e. The van der Waals surface area contributed by atoms with Gasteiger partial charge in [-0.25, -0.2) is 9.18 Å². The van der Waals surface area contributed by atoms with Crippen molar-refractivity contribution in [1.29, 1.82) is 0 Å². The summed E-state index contributed by atoms with van der Waals surface area (Å²) in [5, 5.41) is 5.65. The van der Waals surface area contributed by atoms with E-state index in [4.69, 9.17) is 0 Å². The molecule has 6 heteroatoms. The summed E-state index contributed by atoms with van der Waals surface area (Å²) >= 11 is 0. The summed E-state index contributed by atoms with van der Waals surface area (Å²) in [6, 6.07) is 3.74. The lowest BCUT2D eigenvalue weighted by Gasteiger charge is -2.15. The van der Waals surface area contributed by atoms with Crippen molar-refractivity contribution in [3.8, 4) is 0 Å². The Bertz CT molecular complexity index is 533. The number of halogens is 1. The summed E-state index contributed by atoms with van der Waals surface area (Å²) in [4.78, 5) is 23.5. The van der Waals surface area contributed by atoms with Crippen LogP contribution in [0.1, 0.15) is 17.3 Å². The minimum atomic E-state index is -0.579. The third-order valence-electron chi connectivity index (χ3n) is 3.50. The van der Waals surface area contributed by atoms with E-state index in [9.17, 15) is 14.0 Å². The van der Waals surface area contributed by atoms with Crippen LogP contribution < -0.4 is 10.6 Å². The number of ether oxygens (including phenoxy) is 1. The first-order valence-corrected chi connectivity index (χ1v) is 6.42. The number of carbonyl (C=O) groups is 2. The quantitative estimate of drug-likeness (QED) is 0.821. The molecule has 0 aromatic heterocycles.